The Morgan fingerprint density at radius 1 is 1.33 bits per heavy atom. The number of aromatic nitrogens is 2. The van der Waals surface area contributed by atoms with Gasteiger partial charge in [0.15, 0.2) is 0 Å². The SMILES string of the molecule is CC(=O)N1C[C@H](NC(=O)c2cnn(C(C)C)c2)CC[C@H]1C(F)(F)F. The molecule has 0 radical (unpaired) electrons. The molecule has 6 nitrogen and oxygen atoms in total. The second-order valence-corrected chi connectivity index (χ2v) is 6.28. The number of nitrogens with zero attached hydrogens (tertiary/aromatic N) is 3. The summed E-state index contributed by atoms with van der Waals surface area (Å²) in [6.45, 7) is 4.79. The Kier molecular flexibility index (Phi) is 5.19. The molecule has 1 saturated heterocycles. The zero-order valence-corrected chi connectivity index (χ0v) is 13.8. The van der Waals surface area contributed by atoms with Crippen LogP contribution in [0.4, 0.5) is 13.2 Å². The number of halogens is 3. The molecular weight excluding hydrogens is 325 g/mol. The monoisotopic (exact) mass is 346 g/mol. The Morgan fingerprint density at radius 2 is 2.00 bits per heavy atom. The van der Waals surface area contributed by atoms with E-state index in [1.54, 1.807) is 10.9 Å². The van der Waals surface area contributed by atoms with Crippen LogP contribution < -0.4 is 5.32 Å². The van der Waals surface area contributed by atoms with E-state index in [0.717, 1.165) is 11.8 Å². The van der Waals surface area contributed by atoms with Crippen LogP contribution in [0.2, 0.25) is 0 Å². The molecule has 1 fully saturated rings. The summed E-state index contributed by atoms with van der Waals surface area (Å²) in [6, 6.07) is -2.20. The van der Waals surface area contributed by atoms with Crippen LogP contribution in [0.1, 0.15) is 50.0 Å². The van der Waals surface area contributed by atoms with Crippen LogP contribution >= 0.6 is 0 Å². The minimum absolute atomic E-state index is 0.0991. The van der Waals surface area contributed by atoms with Crippen LogP contribution in [0.25, 0.3) is 0 Å². The lowest BCUT2D eigenvalue weighted by Crippen LogP contribution is -2.57. The fourth-order valence-electron chi connectivity index (χ4n) is 2.78. The highest BCUT2D eigenvalue weighted by atomic mass is 19.4. The molecule has 2 rings (SSSR count). The third-order valence-corrected chi connectivity index (χ3v) is 4.09. The quantitative estimate of drug-likeness (QED) is 0.912. The normalized spacial score (nSPS) is 21.9. The number of amides is 2. The minimum atomic E-state index is -4.46. The minimum Gasteiger partial charge on any atom is -0.347 e. The number of nitrogens with one attached hydrogen (secondary N) is 1. The van der Waals surface area contributed by atoms with Gasteiger partial charge in [0.1, 0.15) is 6.04 Å². The molecule has 1 aromatic rings. The van der Waals surface area contributed by atoms with Gasteiger partial charge in [-0.15, -0.1) is 0 Å². The molecule has 1 N–H and O–H groups in total. The first-order valence-electron chi connectivity index (χ1n) is 7.78. The van der Waals surface area contributed by atoms with Crippen molar-refractivity contribution in [2.24, 2.45) is 0 Å². The van der Waals surface area contributed by atoms with E-state index < -0.39 is 30.1 Å². The van der Waals surface area contributed by atoms with E-state index in [1.807, 2.05) is 13.8 Å². The molecule has 1 aromatic heterocycles. The number of piperidine rings is 1. The first kappa shape index (κ1) is 18.3. The molecular formula is C15H21F3N4O2. The van der Waals surface area contributed by atoms with Crippen molar-refractivity contribution in [1.29, 1.82) is 0 Å². The van der Waals surface area contributed by atoms with Crippen molar-refractivity contribution in [2.75, 3.05) is 6.54 Å². The first-order valence-corrected chi connectivity index (χ1v) is 7.78. The molecule has 0 aliphatic carbocycles. The predicted octanol–water partition coefficient (Wildman–Crippen LogP) is 2.14. The molecule has 1 aliphatic rings. The summed E-state index contributed by atoms with van der Waals surface area (Å²) in [5.41, 5.74) is 0.344. The lowest BCUT2D eigenvalue weighted by Gasteiger charge is -2.40. The number of rotatable bonds is 3. The summed E-state index contributed by atoms with van der Waals surface area (Å²) in [6.07, 6.45) is -1.51. The van der Waals surface area contributed by atoms with Crippen LogP contribution in [-0.4, -0.2) is 51.3 Å². The average molecular weight is 346 g/mol. The van der Waals surface area contributed by atoms with Crippen LogP contribution in [0.3, 0.4) is 0 Å². The number of alkyl halides is 3. The molecule has 1 aliphatic heterocycles. The molecule has 0 aromatic carbocycles. The second-order valence-electron chi connectivity index (χ2n) is 6.28. The van der Waals surface area contributed by atoms with Gasteiger partial charge in [0, 0.05) is 31.7 Å². The maximum Gasteiger partial charge on any atom is 0.408 e. The third-order valence-electron chi connectivity index (χ3n) is 4.09. The lowest BCUT2D eigenvalue weighted by molar-refractivity contribution is -0.196. The summed E-state index contributed by atoms with van der Waals surface area (Å²) in [5, 5.41) is 6.75. The summed E-state index contributed by atoms with van der Waals surface area (Å²) >= 11 is 0. The van der Waals surface area contributed by atoms with Gasteiger partial charge in [-0.25, -0.2) is 0 Å². The van der Waals surface area contributed by atoms with Gasteiger partial charge in [-0.2, -0.15) is 18.3 Å². The van der Waals surface area contributed by atoms with E-state index in [2.05, 4.69) is 10.4 Å². The molecule has 0 saturated carbocycles. The summed E-state index contributed by atoms with van der Waals surface area (Å²) in [7, 11) is 0. The van der Waals surface area contributed by atoms with Gasteiger partial charge in [0.05, 0.1) is 11.8 Å². The van der Waals surface area contributed by atoms with E-state index >= 15 is 0 Å². The van der Waals surface area contributed by atoms with Crippen LogP contribution in [0, 0.1) is 0 Å². The highest BCUT2D eigenvalue weighted by molar-refractivity contribution is 5.94. The van der Waals surface area contributed by atoms with Gasteiger partial charge < -0.3 is 10.2 Å². The summed E-state index contributed by atoms with van der Waals surface area (Å²) < 4.78 is 40.6. The van der Waals surface area contributed by atoms with E-state index in [-0.39, 0.29) is 25.4 Å². The number of hydrogen-bond acceptors (Lipinski definition) is 3. The average Bonchev–Trinajstić information content (AvgIpc) is 2.96. The third kappa shape index (κ3) is 4.07. The maximum absolute atomic E-state index is 13.0. The van der Waals surface area contributed by atoms with Crippen molar-refractivity contribution in [1.82, 2.24) is 20.0 Å². The summed E-state index contributed by atoms with van der Waals surface area (Å²) in [5.74, 6) is -1.05. The van der Waals surface area contributed by atoms with Gasteiger partial charge >= 0.3 is 6.18 Å². The fourth-order valence-corrected chi connectivity index (χ4v) is 2.78. The Morgan fingerprint density at radius 3 is 2.50 bits per heavy atom. The number of carbonyl (C=O) groups is 2. The highest BCUT2D eigenvalue weighted by Gasteiger charge is 2.47. The van der Waals surface area contributed by atoms with Crippen molar-refractivity contribution in [3.05, 3.63) is 18.0 Å². The molecule has 134 valence electrons. The fraction of sp³-hybridized carbons (Fsp3) is 0.667. The molecule has 9 heteroatoms. The van der Waals surface area contributed by atoms with Crippen LogP contribution in [0.15, 0.2) is 12.4 Å². The number of carbonyl (C=O) groups excluding carboxylic acids is 2. The van der Waals surface area contributed by atoms with Crippen molar-refractivity contribution in [2.45, 2.75) is 57.9 Å². The van der Waals surface area contributed by atoms with E-state index in [0.29, 0.717) is 5.56 Å². The molecule has 24 heavy (non-hydrogen) atoms. The number of likely N-dealkylation sites (tertiary alicyclic amines) is 1. The van der Waals surface area contributed by atoms with E-state index in [9.17, 15) is 22.8 Å². The standard InChI is InChI=1S/C15H21F3N4O2/c1-9(2)22-7-11(6-19-22)14(24)20-12-4-5-13(15(16,17)18)21(8-12)10(3)23/h6-7,9,12-13H,4-5,8H2,1-3H3,(H,20,24)/t12-,13+/m1/s1. The van der Waals surface area contributed by atoms with Crippen LogP contribution in [-0.2, 0) is 4.79 Å². The highest BCUT2D eigenvalue weighted by Crippen LogP contribution is 2.32. The van der Waals surface area contributed by atoms with Gasteiger partial charge in [-0.1, -0.05) is 0 Å². The van der Waals surface area contributed by atoms with Crippen LogP contribution in [0.5, 0.6) is 0 Å². The van der Waals surface area contributed by atoms with Gasteiger partial charge in [0.25, 0.3) is 5.91 Å². The molecule has 0 unspecified atom stereocenters. The Bertz CT molecular complexity index is 612. The Balaban J connectivity index is 2.03. The predicted molar refractivity (Wildman–Crippen MR) is 80.3 cm³/mol. The first-order chi connectivity index (χ1) is 11.1. The van der Waals surface area contributed by atoms with Gasteiger partial charge in [-0.05, 0) is 26.7 Å². The lowest BCUT2D eigenvalue weighted by atomic mass is 9.97. The smallest absolute Gasteiger partial charge is 0.347 e. The zero-order valence-electron chi connectivity index (χ0n) is 13.8. The summed E-state index contributed by atoms with van der Waals surface area (Å²) in [4.78, 5) is 24.5. The van der Waals surface area contributed by atoms with Crippen molar-refractivity contribution in [3.63, 3.8) is 0 Å². The number of hydrogen-bond donors (Lipinski definition) is 1. The van der Waals surface area contributed by atoms with Crippen molar-refractivity contribution >= 4 is 11.8 Å². The molecule has 0 spiro atoms. The topological polar surface area (TPSA) is 67.2 Å². The molecule has 2 amide bonds. The molecule has 2 atom stereocenters. The van der Waals surface area contributed by atoms with Crippen molar-refractivity contribution in [3.8, 4) is 0 Å². The van der Waals surface area contributed by atoms with Crippen molar-refractivity contribution < 1.29 is 22.8 Å². The largest absolute Gasteiger partial charge is 0.408 e. The molecule has 2 heterocycles. The molecule has 0 bridgehead atoms. The maximum atomic E-state index is 13.0. The van der Waals surface area contributed by atoms with Gasteiger partial charge in [-0.3, -0.25) is 14.3 Å². The second kappa shape index (κ2) is 6.82. The Hall–Kier alpha value is -2.06. The zero-order chi connectivity index (χ0) is 18.1. The Labute approximate surface area is 138 Å². The van der Waals surface area contributed by atoms with E-state index in [1.165, 1.54) is 6.20 Å². The van der Waals surface area contributed by atoms with Gasteiger partial charge in [0.2, 0.25) is 5.91 Å². The van der Waals surface area contributed by atoms with E-state index in [4.69, 9.17) is 0 Å².